The number of nitrogens with one attached hydrogen (secondary N) is 2. The summed E-state index contributed by atoms with van der Waals surface area (Å²) in [5.41, 5.74) is 3.19. The molecule has 0 saturated heterocycles. The van der Waals surface area contributed by atoms with Crippen molar-refractivity contribution in [3.05, 3.63) is 70.5 Å². The Bertz CT molecular complexity index is 909. The number of amides is 2. The third kappa shape index (κ3) is 6.14. The predicted molar refractivity (Wildman–Crippen MR) is 111 cm³/mol. The van der Waals surface area contributed by atoms with Crippen LogP contribution in [-0.4, -0.2) is 37.0 Å². The molecule has 2 amide bonds. The Morgan fingerprint density at radius 2 is 1.57 bits per heavy atom. The molecule has 0 radical (unpaired) electrons. The van der Waals surface area contributed by atoms with Crippen LogP contribution in [0.5, 0.6) is 0 Å². The number of rotatable bonds is 8. The Balaban J connectivity index is 2.24. The van der Waals surface area contributed by atoms with Crippen LogP contribution in [0.4, 0.5) is 4.39 Å². The van der Waals surface area contributed by atoms with E-state index in [1.807, 2.05) is 32.0 Å². The van der Waals surface area contributed by atoms with E-state index >= 15 is 0 Å². The highest BCUT2D eigenvalue weighted by molar-refractivity contribution is 5.90. The number of carbonyl (C=O) groups is 3. The van der Waals surface area contributed by atoms with E-state index in [0.717, 1.165) is 16.7 Å². The van der Waals surface area contributed by atoms with Gasteiger partial charge >= 0.3 is 5.97 Å². The van der Waals surface area contributed by atoms with Gasteiger partial charge in [0.15, 0.2) is 0 Å². The van der Waals surface area contributed by atoms with Crippen LogP contribution in [0.15, 0.2) is 42.5 Å². The molecule has 0 aliphatic carbocycles. The smallest absolute Gasteiger partial charge is 0.328 e. The maximum atomic E-state index is 14.1. The molecule has 0 spiro atoms. The molecule has 0 bridgehead atoms. The third-order valence-electron chi connectivity index (χ3n) is 4.93. The molecule has 0 fully saturated rings. The second kappa shape index (κ2) is 10.5. The molecular weight excluding hydrogens is 387 g/mol. The van der Waals surface area contributed by atoms with Crippen LogP contribution < -0.4 is 10.6 Å². The van der Waals surface area contributed by atoms with Crippen LogP contribution in [0.25, 0.3) is 0 Å². The van der Waals surface area contributed by atoms with E-state index in [9.17, 15) is 18.8 Å². The van der Waals surface area contributed by atoms with Gasteiger partial charge in [0.2, 0.25) is 11.8 Å². The molecule has 2 N–H and O–H groups in total. The Morgan fingerprint density at radius 1 is 0.933 bits per heavy atom. The number of aryl methyl sites for hydroxylation is 2. The number of esters is 1. The van der Waals surface area contributed by atoms with Gasteiger partial charge < -0.3 is 15.4 Å². The van der Waals surface area contributed by atoms with Gasteiger partial charge in [0, 0.05) is 19.8 Å². The van der Waals surface area contributed by atoms with Crippen molar-refractivity contribution in [3.8, 4) is 0 Å². The van der Waals surface area contributed by atoms with E-state index in [2.05, 4.69) is 10.6 Å². The normalized spacial score (nSPS) is 12.6. The van der Waals surface area contributed by atoms with Gasteiger partial charge in [-0.15, -0.1) is 0 Å². The first-order valence-electron chi connectivity index (χ1n) is 9.66. The van der Waals surface area contributed by atoms with Crippen molar-refractivity contribution in [1.29, 1.82) is 0 Å². The SMILES string of the molecule is COC(=O)[C@@H](Cc1c(C)cccc1C)NC(=O)[C@@H](Cc1ccccc1F)NC(C)=O. The molecule has 7 heteroatoms. The van der Waals surface area contributed by atoms with E-state index in [1.165, 1.54) is 20.1 Å². The number of carbonyl (C=O) groups excluding carboxylic acids is 3. The second-order valence-electron chi connectivity index (χ2n) is 7.21. The number of ether oxygens (including phenoxy) is 1. The van der Waals surface area contributed by atoms with E-state index in [1.54, 1.807) is 18.2 Å². The molecule has 2 aromatic rings. The lowest BCUT2D eigenvalue weighted by atomic mass is 9.96. The van der Waals surface area contributed by atoms with Crippen molar-refractivity contribution in [2.45, 2.75) is 45.7 Å². The average Bonchev–Trinajstić information content (AvgIpc) is 2.70. The number of hydrogen-bond acceptors (Lipinski definition) is 4. The molecular formula is C23H27FN2O4. The summed E-state index contributed by atoms with van der Waals surface area (Å²) >= 11 is 0. The topological polar surface area (TPSA) is 84.5 Å². The van der Waals surface area contributed by atoms with Crippen LogP contribution in [-0.2, 0) is 32.0 Å². The molecule has 2 rings (SSSR count). The van der Waals surface area contributed by atoms with Gasteiger partial charge in [-0.1, -0.05) is 36.4 Å². The Kier molecular flexibility index (Phi) is 8.09. The molecule has 2 aromatic carbocycles. The molecule has 160 valence electrons. The summed E-state index contributed by atoms with van der Waals surface area (Å²) in [4.78, 5) is 36.9. The summed E-state index contributed by atoms with van der Waals surface area (Å²) in [6.45, 7) is 5.13. The summed E-state index contributed by atoms with van der Waals surface area (Å²) in [7, 11) is 1.25. The zero-order valence-electron chi connectivity index (χ0n) is 17.6. The highest BCUT2D eigenvalue weighted by Crippen LogP contribution is 2.16. The molecule has 0 aromatic heterocycles. The van der Waals surface area contributed by atoms with Gasteiger partial charge in [-0.25, -0.2) is 9.18 Å². The van der Waals surface area contributed by atoms with Crippen molar-refractivity contribution in [3.63, 3.8) is 0 Å². The highest BCUT2D eigenvalue weighted by Gasteiger charge is 2.28. The van der Waals surface area contributed by atoms with Crippen LogP contribution in [0, 0.1) is 19.7 Å². The zero-order valence-corrected chi connectivity index (χ0v) is 17.6. The molecule has 0 unspecified atom stereocenters. The summed E-state index contributed by atoms with van der Waals surface area (Å²) in [5, 5.41) is 5.20. The van der Waals surface area contributed by atoms with Gasteiger partial charge in [0.05, 0.1) is 7.11 Å². The quantitative estimate of drug-likeness (QED) is 0.650. The highest BCUT2D eigenvalue weighted by atomic mass is 19.1. The number of hydrogen-bond donors (Lipinski definition) is 2. The number of halogens is 1. The fourth-order valence-corrected chi connectivity index (χ4v) is 3.32. The van der Waals surface area contributed by atoms with E-state index in [-0.39, 0.29) is 18.4 Å². The van der Waals surface area contributed by atoms with Gasteiger partial charge in [-0.2, -0.15) is 0 Å². The lowest BCUT2D eigenvalue weighted by Crippen LogP contribution is -2.53. The minimum absolute atomic E-state index is 0.0463. The summed E-state index contributed by atoms with van der Waals surface area (Å²) in [6, 6.07) is 9.82. The first-order valence-corrected chi connectivity index (χ1v) is 9.66. The summed E-state index contributed by atoms with van der Waals surface area (Å²) in [5.74, 6) is -2.09. The van der Waals surface area contributed by atoms with Crippen LogP contribution in [0.2, 0.25) is 0 Å². The standard InChI is InChI=1S/C23H27FN2O4/c1-14-8-7-9-15(2)18(14)13-21(23(29)30-4)26-22(28)20(25-16(3)27)12-17-10-5-6-11-19(17)24/h5-11,20-21H,12-13H2,1-4H3,(H,25,27)(H,26,28)/t20-,21-/m1/s1. The molecule has 0 saturated carbocycles. The number of benzene rings is 2. The van der Waals surface area contributed by atoms with Crippen LogP contribution >= 0.6 is 0 Å². The Labute approximate surface area is 175 Å². The van der Waals surface area contributed by atoms with Gasteiger partial charge in [-0.05, 0) is 42.2 Å². The Morgan fingerprint density at radius 3 is 2.13 bits per heavy atom. The van der Waals surface area contributed by atoms with E-state index in [4.69, 9.17) is 4.74 Å². The van der Waals surface area contributed by atoms with Gasteiger partial charge in [-0.3, -0.25) is 9.59 Å². The average molecular weight is 414 g/mol. The van der Waals surface area contributed by atoms with Crippen molar-refractivity contribution < 1.29 is 23.5 Å². The maximum Gasteiger partial charge on any atom is 0.328 e. The fourth-order valence-electron chi connectivity index (χ4n) is 3.32. The van der Waals surface area contributed by atoms with Crippen molar-refractivity contribution in [2.24, 2.45) is 0 Å². The lowest BCUT2D eigenvalue weighted by molar-refractivity contribution is -0.145. The minimum atomic E-state index is -1.04. The molecule has 0 heterocycles. The van der Waals surface area contributed by atoms with Crippen molar-refractivity contribution in [1.82, 2.24) is 10.6 Å². The number of methoxy groups -OCH3 is 1. The zero-order chi connectivity index (χ0) is 22.3. The van der Waals surface area contributed by atoms with Gasteiger partial charge in [0.25, 0.3) is 0 Å². The molecule has 6 nitrogen and oxygen atoms in total. The molecule has 30 heavy (non-hydrogen) atoms. The van der Waals surface area contributed by atoms with Crippen LogP contribution in [0.3, 0.4) is 0 Å². The fraction of sp³-hybridized carbons (Fsp3) is 0.348. The van der Waals surface area contributed by atoms with E-state index in [0.29, 0.717) is 0 Å². The van der Waals surface area contributed by atoms with E-state index < -0.39 is 35.7 Å². The van der Waals surface area contributed by atoms with Crippen molar-refractivity contribution in [2.75, 3.05) is 7.11 Å². The summed E-state index contributed by atoms with van der Waals surface area (Å²) < 4.78 is 18.9. The largest absolute Gasteiger partial charge is 0.467 e. The van der Waals surface area contributed by atoms with Crippen LogP contribution in [0.1, 0.15) is 29.2 Å². The molecule has 0 aliphatic rings. The lowest BCUT2D eigenvalue weighted by Gasteiger charge is -2.23. The first kappa shape index (κ1) is 23.1. The predicted octanol–water partition coefficient (Wildman–Crippen LogP) is 2.39. The Hall–Kier alpha value is -3.22. The van der Waals surface area contributed by atoms with Gasteiger partial charge in [0.1, 0.15) is 17.9 Å². The molecule has 2 atom stereocenters. The first-order chi connectivity index (χ1) is 14.2. The third-order valence-corrected chi connectivity index (χ3v) is 4.93. The minimum Gasteiger partial charge on any atom is -0.467 e. The maximum absolute atomic E-state index is 14.1. The monoisotopic (exact) mass is 414 g/mol. The summed E-state index contributed by atoms with van der Waals surface area (Å²) in [6.07, 6.45) is 0.193. The molecule has 0 aliphatic heterocycles. The second-order valence-corrected chi connectivity index (χ2v) is 7.21. The van der Waals surface area contributed by atoms with Crippen molar-refractivity contribution >= 4 is 17.8 Å².